The average molecular weight is 272 g/mol. The highest BCUT2D eigenvalue weighted by atomic mass is 16.5. The molecule has 0 unspecified atom stereocenters. The third-order valence-electron chi connectivity index (χ3n) is 2.82. The Balaban J connectivity index is 2.32. The summed E-state index contributed by atoms with van der Waals surface area (Å²) in [6.07, 6.45) is 0. The lowest BCUT2D eigenvalue weighted by Gasteiger charge is -2.14. The van der Waals surface area contributed by atoms with Gasteiger partial charge in [-0.05, 0) is 30.3 Å². The van der Waals surface area contributed by atoms with E-state index >= 15 is 0 Å². The highest BCUT2D eigenvalue weighted by molar-refractivity contribution is 5.89. The first kappa shape index (κ1) is 13.7. The number of anilines is 2. The van der Waals surface area contributed by atoms with E-state index in [9.17, 15) is 4.79 Å². The number of ether oxygens (including phenoxy) is 1. The number of hydrogen-bond acceptors (Lipinski definition) is 4. The second-order valence-electron chi connectivity index (χ2n) is 4.55. The largest absolute Gasteiger partial charge is 0.478 e. The standard InChI is InChI=1S/C15H16N2O3/c1-17(2)11-4-3-5-12(9-11)20-14-8-10(15(18)19)6-7-13(14)16/h3-9H,16H2,1-2H3,(H,18,19). The quantitative estimate of drug-likeness (QED) is 0.837. The third-order valence-corrected chi connectivity index (χ3v) is 2.82. The van der Waals surface area contributed by atoms with Crippen molar-refractivity contribution in [3.05, 3.63) is 48.0 Å². The number of benzene rings is 2. The number of aromatic carboxylic acids is 1. The predicted molar refractivity (Wildman–Crippen MR) is 78.7 cm³/mol. The fourth-order valence-electron chi connectivity index (χ4n) is 1.71. The molecule has 0 atom stereocenters. The number of carboxylic acids is 1. The fourth-order valence-corrected chi connectivity index (χ4v) is 1.71. The molecule has 0 amide bonds. The van der Waals surface area contributed by atoms with Gasteiger partial charge < -0.3 is 20.5 Å². The topological polar surface area (TPSA) is 75.8 Å². The molecular formula is C15H16N2O3. The zero-order chi connectivity index (χ0) is 14.7. The highest BCUT2D eigenvalue weighted by Gasteiger charge is 2.09. The van der Waals surface area contributed by atoms with Gasteiger partial charge in [0.1, 0.15) is 5.75 Å². The normalized spacial score (nSPS) is 10.1. The maximum Gasteiger partial charge on any atom is 0.335 e. The summed E-state index contributed by atoms with van der Waals surface area (Å²) >= 11 is 0. The predicted octanol–water partition coefficient (Wildman–Crippen LogP) is 2.83. The molecule has 5 nitrogen and oxygen atoms in total. The van der Waals surface area contributed by atoms with E-state index in [0.29, 0.717) is 17.2 Å². The molecule has 0 spiro atoms. The second kappa shape index (κ2) is 5.52. The molecule has 0 aliphatic rings. The van der Waals surface area contributed by atoms with Crippen LogP contribution in [-0.4, -0.2) is 25.2 Å². The van der Waals surface area contributed by atoms with Crippen molar-refractivity contribution >= 4 is 17.3 Å². The summed E-state index contributed by atoms with van der Waals surface area (Å²) < 4.78 is 5.68. The van der Waals surface area contributed by atoms with Gasteiger partial charge in [0.15, 0.2) is 5.75 Å². The minimum absolute atomic E-state index is 0.137. The molecule has 0 radical (unpaired) electrons. The van der Waals surface area contributed by atoms with E-state index in [1.165, 1.54) is 18.2 Å². The monoisotopic (exact) mass is 272 g/mol. The Morgan fingerprint density at radius 3 is 2.60 bits per heavy atom. The Bertz CT molecular complexity index is 639. The Kier molecular flexibility index (Phi) is 3.79. The van der Waals surface area contributed by atoms with Crippen LogP contribution < -0.4 is 15.4 Å². The molecule has 2 rings (SSSR count). The number of hydrogen-bond donors (Lipinski definition) is 2. The molecule has 20 heavy (non-hydrogen) atoms. The smallest absolute Gasteiger partial charge is 0.335 e. The molecule has 0 saturated carbocycles. The summed E-state index contributed by atoms with van der Waals surface area (Å²) in [5, 5.41) is 8.98. The Hall–Kier alpha value is -2.69. The van der Waals surface area contributed by atoms with Crippen LogP contribution in [0.2, 0.25) is 0 Å². The van der Waals surface area contributed by atoms with E-state index in [-0.39, 0.29) is 5.56 Å². The van der Waals surface area contributed by atoms with Crippen LogP contribution in [0.25, 0.3) is 0 Å². The summed E-state index contributed by atoms with van der Waals surface area (Å²) in [7, 11) is 3.86. The van der Waals surface area contributed by atoms with Crippen LogP contribution in [0.3, 0.4) is 0 Å². The van der Waals surface area contributed by atoms with Crippen molar-refractivity contribution in [2.75, 3.05) is 24.7 Å². The van der Waals surface area contributed by atoms with Crippen molar-refractivity contribution in [3.63, 3.8) is 0 Å². The van der Waals surface area contributed by atoms with Gasteiger partial charge in [-0.2, -0.15) is 0 Å². The van der Waals surface area contributed by atoms with Crippen molar-refractivity contribution in [1.29, 1.82) is 0 Å². The molecule has 0 saturated heterocycles. The summed E-state index contributed by atoms with van der Waals surface area (Å²) in [5.41, 5.74) is 7.32. The van der Waals surface area contributed by atoms with Crippen molar-refractivity contribution in [2.45, 2.75) is 0 Å². The van der Waals surface area contributed by atoms with Gasteiger partial charge in [0, 0.05) is 25.8 Å². The molecule has 104 valence electrons. The van der Waals surface area contributed by atoms with Gasteiger partial charge in [0.25, 0.3) is 0 Å². The summed E-state index contributed by atoms with van der Waals surface area (Å²) in [4.78, 5) is 12.9. The van der Waals surface area contributed by atoms with Gasteiger partial charge in [-0.25, -0.2) is 4.79 Å². The van der Waals surface area contributed by atoms with Gasteiger partial charge in [0.05, 0.1) is 11.3 Å². The van der Waals surface area contributed by atoms with E-state index in [4.69, 9.17) is 15.6 Å². The molecule has 3 N–H and O–H groups in total. The van der Waals surface area contributed by atoms with Crippen molar-refractivity contribution in [2.24, 2.45) is 0 Å². The lowest BCUT2D eigenvalue weighted by atomic mass is 10.2. The van der Waals surface area contributed by atoms with Crippen LogP contribution in [0.4, 0.5) is 11.4 Å². The van der Waals surface area contributed by atoms with E-state index in [0.717, 1.165) is 5.69 Å². The van der Waals surface area contributed by atoms with Crippen molar-refractivity contribution in [1.82, 2.24) is 0 Å². The van der Waals surface area contributed by atoms with Crippen molar-refractivity contribution < 1.29 is 14.6 Å². The van der Waals surface area contributed by atoms with Crippen LogP contribution in [0, 0.1) is 0 Å². The first-order chi connectivity index (χ1) is 9.47. The summed E-state index contributed by atoms with van der Waals surface area (Å²) in [6, 6.07) is 11.8. The summed E-state index contributed by atoms with van der Waals surface area (Å²) in [5.74, 6) is -0.0804. The molecule has 0 aliphatic carbocycles. The summed E-state index contributed by atoms with van der Waals surface area (Å²) in [6.45, 7) is 0. The van der Waals surface area contributed by atoms with Crippen LogP contribution in [0.1, 0.15) is 10.4 Å². The van der Waals surface area contributed by atoms with Gasteiger partial charge in [-0.3, -0.25) is 0 Å². The first-order valence-electron chi connectivity index (χ1n) is 6.05. The fraction of sp³-hybridized carbons (Fsp3) is 0.133. The average Bonchev–Trinajstić information content (AvgIpc) is 2.41. The molecule has 0 aromatic heterocycles. The number of carbonyl (C=O) groups is 1. The minimum atomic E-state index is -1.02. The molecule has 0 fully saturated rings. The maximum atomic E-state index is 11.0. The minimum Gasteiger partial charge on any atom is -0.478 e. The third kappa shape index (κ3) is 3.00. The van der Waals surface area contributed by atoms with E-state index in [1.807, 2.05) is 37.2 Å². The first-order valence-corrected chi connectivity index (χ1v) is 6.05. The van der Waals surface area contributed by atoms with E-state index < -0.39 is 5.97 Å². The van der Waals surface area contributed by atoms with Crippen LogP contribution in [0.15, 0.2) is 42.5 Å². The number of rotatable bonds is 4. The molecule has 0 aliphatic heterocycles. The highest BCUT2D eigenvalue weighted by Crippen LogP contribution is 2.30. The molecule has 2 aromatic rings. The van der Waals surface area contributed by atoms with Crippen molar-refractivity contribution in [3.8, 4) is 11.5 Å². The molecule has 2 aromatic carbocycles. The van der Waals surface area contributed by atoms with Gasteiger partial charge >= 0.3 is 5.97 Å². The Labute approximate surface area is 117 Å². The van der Waals surface area contributed by atoms with E-state index in [1.54, 1.807) is 6.07 Å². The lowest BCUT2D eigenvalue weighted by molar-refractivity contribution is 0.0696. The Morgan fingerprint density at radius 1 is 1.20 bits per heavy atom. The molecule has 0 heterocycles. The van der Waals surface area contributed by atoms with Gasteiger partial charge in [-0.15, -0.1) is 0 Å². The second-order valence-corrected chi connectivity index (χ2v) is 4.55. The van der Waals surface area contributed by atoms with Crippen LogP contribution in [0.5, 0.6) is 11.5 Å². The lowest BCUT2D eigenvalue weighted by Crippen LogP contribution is -2.08. The Morgan fingerprint density at radius 2 is 1.95 bits per heavy atom. The van der Waals surface area contributed by atoms with E-state index in [2.05, 4.69) is 0 Å². The maximum absolute atomic E-state index is 11.0. The zero-order valence-electron chi connectivity index (χ0n) is 11.3. The van der Waals surface area contributed by atoms with Crippen LogP contribution >= 0.6 is 0 Å². The van der Waals surface area contributed by atoms with Gasteiger partial charge in [-0.1, -0.05) is 6.07 Å². The van der Waals surface area contributed by atoms with Gasteiger partial charge in [0.2, 0.25) is 0 Å². The molecular weight excluding hydrogens is 256 g/mol. The number of nitrogens with zero attached hydrogens (tertiary/aromatic N) is 1. The molecule has 0 bridgehead atoms. The molecule has 5 heteroatoms. The van der Waals surface area contributed by atoms with Crippen LogP contribution in [-0.2, 0) is 0 Å². The zero-order valence-corrected chi connectivity index (χ0v) is 11.3. The number of nitrogen functional groups attached to an aromatic ring is 1. The SMILES string of the molecule is CN(C)c1cccc(Oc2cc(C(=O)O)ccc2N)c1. The number of carboxylic acid groups (broad SMARTS) is 1. The number of nitrogens with two attached hydrogens (primary N) is 1.